The number of nitrogens with zero attached hydrogens (tertiary/aromatic N) is 1. The van der Waals surface area contributed by atoms with Gasteiger partial charge in [0.2, 0.25) is 11.9 Å². The lowest BCUT2D eigenvalue weighted by molar-refractivity contribution is 0.102. The number of fused-ring (bicyclic) bond motifs is 1. The molecule has 9 nitrogen and oxygen atoms in total. The summed E-state index contributed by atoms with van der Waals surface area (Å²) >= 11 is 0. The molecule has 31 heavy (non-hydrogen) atoms. The average Bonchev–Trinajstić information content (AvgIpc) is 3.42. The highest BCUT2D eigenvalue weighted by molar-refractivity contribution is 7.88. The summed E-state index contributed by atoms with van der Waals surface area (Å²) in [6.07, 6.45) is 0. The van der Waals surface area contributed by atoms with Crippen LogP contribution in [0, 0.1) is 0 Å². The van der Waals surface area contributed by atoms with Crippen LogP contribution >= 0.6 is 0 Å². The van der Waals surface area contributed by atoms with Crippen LogP contribution in [0.2, 0.25) is 0 Å². The van der Waals surface area contributed by atoms with Gasteiger partial charge in [0.25, 0.3) is 15.9 Å². The molecule has 0 unspecified atom stereocenters. The highest BCUT2D eigenvalue weighted by Gasteiger charge is 2.21. The van der Waals surface area contributed by atoms with Gasteiger partial charge in [-0.2, -0.15) is 0 Å². The van der Waals surface area contributed by atoms with Gasteiger partial charge in [0.15, 0.2) is 11.5 Å². The molecule has 0 aliphatic carbocycles. The van der Waals surface area contributed by atoms with Crippen LogP contribution in [-0.4, -0.2) is 39.5 Å². The summed E-state index contributed by atoms with van der Waals surface area (Å²) in [4.78, 5) is 12.5. The van der Waals surface area contributed by atoms with E-state index in [1.165, 1.54) is 20.2 Å². The van der Waals surface area contributed by atoms with E-state index < -0.39 is 10.0 Å². The molecule has 0 bridgehead atoms. The minimum absolute atomic E-state index is 0.0473. The van der Waals surface area contributed by atoms with Gasteiger partial charge in [-0.1, -0.05) is 0 Å². The van der Waals surface area contributed by atoms with E-state index in [9.17, 15) is 13.2 Å². The number of nitrogens with one attached hydrogen (secondary N) is 1. The molecule has 0 fully saturated rings. The molecular weight excluding hydrogens is 424 g/mol. The number of hydrogen-bond acceptors (Lipinski definition) is 7. The van der Waals surface area contributed by atoms with Crippen molar-refractivity contribution in [2.24, 2.45) is 0 Å². The highest BCUT2D eigenvalue weighted by atomic mass is 32.2. The van der Waals surface area contributed by atoms with Crippen LogP contribution in [0.4, 0.5) is 5.69 Å². The van der Waals surface area contributed by atoms with Crippen LogP contribution in [0.15, 0.2) is 64.1 Å². The number of benzene rings is 2. The number of hydrogen-bond donors (Lipinski definition) is 1. The number of anilines is 1. The summed E-state index contributed by atoms with van der Waals surface area (Å²) in [5.74, 6) is 1.82. The molecule has 1 amide bonds. The Hall–Kier alpha value is -3.50. The number of rotatable bonds is 7. The fourth-order valence-electron chi connectivity index (χ4n) is 2.79. The van der Waals surface area contributed by atoms with Crippen molar-refractivity contribution in [3.05, 3.63) is 65.9 Å². The number of sulfonamides is 1. The Bertz CT molecular complexity index is 1200. The third-order valence-electron chi connectivity index (χ3n) is 4.50. The molecule has 0 atom stereocenters. The zero-order chi connectivity index (χ0) is 22.0. The lowest BCUT2D eigenvalue weighted by Gasteiger charge is -2.09. The molecule has 10 heteroatoms. The number of carbonyl (C=O) groups is 1. The van der Waals surface area contributed by atoms with E-state index in [0.29, 0.717) is 34.3 Å². The van der Waals surface area contributed by atoms with Gasteiger partial charge in [-0.15, -0.1) is 0 Å². The predicted molar refractivity (Wildman–Crippen MR) is 111 cm³/mol. The average molecular weight is 444 g/mol. The minimum Gasteiger partial charge on any atom is -0.486 e. The molecule has 1 aromatic heterocycles. The van der Waals surface area contributed by atoms with Crippen molar-refractivity contribution in [1.82, 2.24) is 4.31 Å². The fraction of sp³-hybridized carbons (Fsp3) is 0.190. The van der Waals surface area contributed by atoms with Gasteiger partial charge >= 0.3 is 0 Å². The van der Waals surface area contributed by atoms with Crippen molar-refractivity contribution in [1.29, 1.82) is 0 Å². The lowest BCUT2D eigenvalue weighted by atomic mass is 10.2. The van der Waals surface area contributed by atoms with E-state index in [4.69, 9.17) is 18.6 Å². The Morgan fingerprint density at radius 2 is 1.77 bits per heavy atom. The van der Waals surface area contributed by atoms with Crippen molar-refractivity contribution < 1.29 is 31.8 Å². The van der Waals surface area contributed by atoms with Gasteiger partial charge in [0.05, 0.1) is 0 Å². The first-order valence-electron chi connectivity index (χ1n) is 9.28. The Labute approximate surface area is 179 Å². The summed E-state index contributed by atoms with van der Waals surface area (Å²) in [5.41, 5.74) is 1.04. The highest BCUT2D eigenvalue weighted by Crippen LogP contribution is 2.34. The minimum atomic E-state index is -3.63. The largest absolute Gasteiger partial charge is 0.486 e. The van der Waals surface area contributed by atoms with E-state index in [-0.39, 0.29) is 24.4 Å². The van der Waals surface area contributed by atoms with Gasteiger partial charge in [-0.3, -0.25) is 4.79 Å². The molecule has 3 aromatic rings. The van der Waals surface area contributed by atoms with Crippen molar-refractivity contribution in [3.8, 4) is 17.2 Å². The molecular formula is C21H20N2O7S. The lowest BCUT2D eigenvalue weighted by Crippen LogP contribution is -2.21. The summed E-state index contributed by atoms with van der Waals surface area (Å²) in [7, 11) is -0.774. The standard InChI is InChI=1S/C21H20N2O7S/c1-23(2)31(25,26)20-10-8-17(30-20)12-27-16-6-3-14(4-7-16)21(24)22-15-5-9-18-19(11-15)29-13-28-18/h3-11H,12-13H2,1-2H3,(H,22,24). The normalized spacial score (nSPS) is 12.7. The first kappa shape index (κ1) is 20.8. The van der Waals surface area contributed by atoms with Crippen LogP contribution in [0.25, 0.3) is 0 Å². The van der Waals surface area contributed by atoms with Crippen molar-refractivity contribution in [3.63, 3.8) is 0 Å². The van der Waals surface area contributed by atoms with Crippen molar-refractivity contribution >= 4 is 21.6 Å². The van der Waals surface area contributed by atoms with E-state index in [1.807, 2.05) is 0 Å². The quantitative estimate of drug-likeness (QED) is 0.597. The molecule has 0 radical (unpaired) electrons. The molecule has 0 saturated heterocycles. The molecule has 1 N–H and O–H groups in total. The number of furan rings is 1. The molecule has 1 aliphatic rings. The maximum absolute atomic E-state index is 12.5. The monoisotopic (exact) mass is 444 g/mol. The molecule has 1 aliphatic heterocycles. The van der Waals surface area contributed by atoms with Crippen molar-refractivity contribution in [2.75, 3.05) is 26.2 Å². The van der Waals surface area contributed by atoms with Crippen LogP contribution in [0.3, 0.4) is 0 Å². The molecule has 162 valence electrons. The summed E-state index contributed by atoms with van der Waals surface area (Å²) in [5, 5.41) is 2.65. The Kier molecular flexibility index (Phi) is 5.57. The predicted octanol–water partition coefficient (Wildman–Crippen LogP) is 3.09. The van der Waals surface area contributed by atoms with Crippen molar-refractivity contribution in [2.45, 2.75) is 11.7 Å². The van der Waals surface area contributed by atoms with Gasteiger partial charge in [0, 0.05) is 31.4 Å². The molecule has 2 heterocycles. The van der Waals surface area contributed by atoms with E-state index >= 15 is 0 Å². The number of carbonyl (C=O) groups excluding carboxylic acids is 1. The van der Waals surface area contributed by atoms with Gasteiger partial charge in [-0.05, 0) is 48.5 Å². The van der Waals surface area contributed by atoms with Crippen LogP contribution in [-0.2, 0) is 16.6 Å². The molecule has 4 rings (SSSR count). The Balaban J connectivity index is 1.35. The second kappa shape index (κ2) is 8.32. The van der Waals surface area contributed by atoms with Crippen LogP contribution < -0.4 is 19.5 Å². The topological polar surface area (TPSA) is 107 Å². The maximum atomic E-state index is 12.5. The Morgan fingerprint density at radius 1 is 1.03 bits per heavy atom. The summed E-state index contributed by atoms with van der Waals surface area (Å²) < 4.78 is 46.7. The second-order valence-corrected chi connectivity index (χ2v) is 8.93. The first-order valence-corrected chi connectivity index (χ1v) is 10.7. The van der Waals surface area contributed by atoms with E-state index in [0.717, 1.165) is 4.31 Å². The van der Waals surface area contributed by atoms with E-state index in [1.54, 1.807) is 48.5 Å². The van der Waals surface area contributed by atoms with Gasteiger partial charge in [-0.25, -0.2) is 12.7 Å². The summed E-state index contributed by atoms with van der Waals surface area (Å²) in [6, 6.07) is 14.6. The SMILES string of the molecule is CN(C)S(=O)(=O)c1ccc(COc2ccc(C(=O)Nc3ccc4c(c3)OCO4)cc2)o1. The zero-order valence-electron chi connectivity index (χ0n) is 16.8. The van der Waals surface area contributed by atoms with Gasteiger partial charge < -0.3 is 23.9 Å². The summed E-state index contributed by atoms with van der Waals surface area (Å²) in [6.45, 7) is 0.213. The first-order chi connectivity index (χ1) is 14.8. The Morgan fingerprint density at radius 3 is 2.52 bits per heavy atom. The third-order valence-corrected chi connectivity index (χ3v) is 6.19. The molecule has 0 spiro atoms. The van der Waals surface area contributed by atoms with Gasteiger partial charge in [0.1, 0.15) is 18.1 Å². The fourth-order valence-corrected chi connectivity index (χ4v) is 3.60. The third kappa shape index (κ3) is 4.49. The smallest absolute Gasteiger partial charge is 0.275 e. The molecule has 0 saturated carbocycles. The second-order valence-electron chi connectivity index (χ2n) is 6.84. The zero-order valence-corrected chi connectivity index (χ0v) is 17.6. The number of amides is 1. The van der Waals surface area contributed by atoms with Crippen LogP contribution in [0.5, 0.6) is 17.2 Å². The van der Waals surface area contributed by atoms with Crippen LogP contribution in [0.1, 0.15) is 16.1 Å². The molecule has 2 aromatic carbocycles. The van der Waals surface area contributed by atoms with E-state index in [2.05, 4.69) is 5.32 Å². The maximum Gasteiger partial charge on any atom is 0.275 e. The number of ether oxygens (including phenoxy) is 3.